The molecule has 2 aromatic rings. The summed E-state index contributed by atoms with van der Waals surface area (Å²) in [5, 5.41) is 12.7. The molecule has 0 radical (unpaired) electrons. The van der Waals surface area contributed by atoms with Crippen molar-refractivity contribution < 1.29 is 14.6 Å². The van der Waals surface area contributed by atoms with E-state index in [4.69, 9.17) is 16.3 Å². The van der Waals surface area contributed by atoms with Crippen molar-refractivity contribution in [3.05, 3.63) is 58.6 Å². The molecule has 2 rings (SSSR count). The van der Waals surface area contributed by atoms with Crippen LogP contribution in [0.4, 0.5) is 0 Å². The molecule has 0 bridgehead atoms. The zero-order chi connectivity index (χ0) is 15.2. The van der Waals surface area contributed by atoms with Crippen LogP contribution in [0, 0.1) is 0 Å². The Kier molecular flexibility index (Phi) is 5.06. The minimum atomic E-state index is -0.150. The third-order valence-electron chi connectivity index (χ3n) is 3.03. The Morgan fingerprint density at radius 3 is 2.76 bits per heavy atom. The summed E-state index contributed by atoms with van der Waals surface area (Å²) in [7, 11) is 1.56. The van der Waals surface area contributed by atoms with E-state index in [9.17, 15) is 9.90 Å². The van der Waals surface area contributed by atoms with Gasteiger partial charge in [-0.25, -0.2) is 0 Å². The normalized spacial score (nSPS) is 10.2. The summed E-state index contributed by atoms with van der Waals surface area (Å²) in [5.41, 5.74) is 1.49. The van der Waals surface area contributed by atoms with Crippen molar-refractivity contribution >= 4 is 17.5 Å². The zero-order valence-electron chi connectivity index (χ0n) is 11.6. The van der Waals surface area contributed by atoms with Gasteiger partial charge in [-0.15, -0.1) is 0 Å². The van der Waals surface area contributed by atoms with Gasteiger partial charge in [-0.2, -0.15) is 0 Å². The number of ether oxygens (including phenoxy) is 1. The Hall–Kier alpha value is -2.20. The Bertz CT molecular complexity index is 643. The standard InChI is InChI=1S/C16H16ClNO3/c1-21-15-7-3-6-14(17)13(15)10-18-16(20)9-11-4-2-5-12(19)8-11/h2-8,19H,9-10H2,1H3,(H,18,20). The molecule has 0 aliphatic carbocycles. The van der Waals surface area contributed by atoms with Crippen LogP contribution in [0.5, 0.6) is 11.5 Å². The fourth-order valence-electron chi connectivity index (χ4n) is 2.00. The van der Waals surface area contributed by atoms with Gasteiger partial charge in [-0.1, -0.05) is 29.8 Å². The summed E-state index contributed by atoms with van der Waals surface area (Å²) in [6.45, 7) is 0.292. The van der Waals surface area contributed by atoms with Crippen LogP contribution in [0.2, 0.25) is 5.02 Å². The number of carbonyl (C=O) groups excluding carboxylic acids is 1. The van der Waals surface area contributed by atoms with Crippen molar-refractivity contribution in [3.8, 4) is 11.5 Å². The molecule has 0 atom stereocenters. The Morgan fingerprint density at radius 1 is 1.29 bits per heavy atom. The first kappa shape index (κ1) is 15.2. The van der Waals surface area contributed by atoms with Crippen LogP contribution in [-0.2, 0) is 17.8 Å². The predicted molar refractivity (Wildman–Crippen MR) is 81.7 cm³/mol. The molecule has 0 saturated heterocycles. The number of carbonyl (C=O) groups is 1. The highest BCUT2D eigenvalue weighted by molar-refractivity contribution is 6.31. The Labute approximate surface area is 128 Å². The summed E-state index contributed by atoms with van der Waals surface area (Å²) in [6.07, 6.45) is 0.196. The lowest BCUT2D eigenvalue weighted by molar-refractivity contribution is -0.120. The molecule has 0 aromatic heterocycles. The van der Waals surface area contributed by atoms with Crippen LogP contribution >= 0.6 is 11.6 Å². The van der Waals surface area contributed by atoms with Crippen molar-refractivity contribution in [1.29, 1.82) is 0 Å². The molecule has 0 heterocycles. The van der Waals surface area contributed by atoms with E-state index in [1.807, 2.05) is 0 Å². The molecular formula is C16H16ClNO3. The highest BCUT2D eigenvalue weighted by Crippen LogP contribution is 2.25. The number of aromatic hydroxyl groups is 1. The molecule has 21 heavy (non-hydrogen) atoms. The summed E-state index contributed by atoms with van der Waals surface area (Å²) in [4.78, 5) is 11.9. The van der Waals surface area contributed by atoms with Gasteiger partial charge in [0.15, 0.2) is 0 Å². The topological polar surface area (TPSA) is 58.6 Å². The van der Waals surface area contributed by atoms with Crippen LogP contribution in [0.25, 0.3) is 0 Å². The van der Waals surface area contributed by atoms with E-state index in [1.165, 1.54) is 0 Å². The van der Waals surface area contributed by atoms with Gasteiger partial charge in [0.1, 0.15) is 11.5 Å². The molecule has 110 valence electrons. The third kappa shape index (κ3) is 4.13. The summed E-state index contributed by atoms with van der Waals surface area (Å²) in [5.74, 6) is 0.635. The van der Waals surface area contributed by atoms with Gasteiger partial charge in [0, 0.05) is 17.1 Å². The lowest BCUT2D eigenvalue weighted by Gasteiger charge is -2.11. The van der Waals surface area contributed by atoms with E-state index >= 15 is 0 Å². The molecule has 2 aromatic carbocycles. The number of nitrogens with one attached hydrogen (secondary N) is 1. The first-order chi connectivity index (χ1) is 10.1. The largest absolute Gasteiger partial charge is 0.508 e. The quantitative estimate of drug-likeness (QED) is 0.893. The molecular weight excluding hydrogens is 290 g/mol. The van der Waals surface area contributed by atoms with Crippen LogP contribution in [0.3, 0.4) is 0 Å². The predicted octanol–water partition coefficient (Wildman–Crippen LogP) is 2.91. The number of rotatable bonds is 5. The van der Waals surface area contributed by atoms with E-state index in [1.54, 1.807) is 49.6 Å². The molecule has 4 nitrogen and oxygen atoms in total. The van der Waals surface area contributed by atoms with Crippen molar-refractivity contribution in [2.24, 2.45) is 0 Å². The van der Waals surface area contributed by atoms with Crippen LogP contribution < -0.4 is 10.1 Å². The fraction of sp³-hybridized carbons (Fsp3) is 0.188. The maximum Gasteiger partial charge on any atom is 0.224 e. The van der Waals surface area contributed by atoms with Gasteiger partial charge < -0.3 is 15.2 Å². The van der Waals surface area contributed by atoms with Crippen molar-refractivity contribution in [1.82, 2.24) is 5.32 Å². The minimum Gasteiger partial charge on any atom is -0.508 e. The number of amides is 1. The molecule has 2 N–H and O–H groups in total. The molecule has 0 spiro atoms. The van der Waals surface area contributed by atoms with Gasteiger partial charge in [-0.3, -0.25) is 4.79 Å². The number of hydrogen-bond acceptors (Lipinski definition) is 3. The van der Waals surface area contributed by atoms with Crippen molar-refractivity contribution in [2.75, 3.05) is 7.11 Å². The Balaban J connectivity index is 1.99. The van der Waals surface area contributed by atoms with Crippen LogP contribution in [0.15, 0.2) is 42.5 Å². The maximum absolute atomic E-state index is 11.9. The number of phenolic OH excluding ortho intramolecular Hbond substituents is 1. The lowest BCUT2D eigenvalue weighted by atomic mass is 10.1. The van der Waals surface area contributed by atoms with E-state index in [0.717, 1.165) is 11.1 Å². The molecule has 1 amide bonds. The summed E-state index contributed by atoms with van der Waals surface area (Å²) >= 11 is 6.11. The number of benzene rings is 2. The second-order valence-electron chi connectivity index (χ2n) is 4.54. The molecule has 0 saturated carbocycles. The van der Waals surface area contributed by atoms with Crippen LogP contribution in [0.1, 0.15) is 11.1 Å². The fourth-order valence-corrected chi connectivity index (χ4v) is 2.24. The molecule has 0 fully saturated rings. The molecule has 0 aliphatic heterocycles. The van der Waals surface area contributed by atoms with Gasteiger partial charge in [0.25, 0.3) is 0 Å². The number of halogens is 1. The van der Waals surface area contributed by atoms with Gasteiger partial charge in [0.05, 0.1) is 13.5 Å². The second-order valence-corrected chi connectivity index (χ2v) is 4.95. The first-order valence-corrected chi connectivity index (χ1v) is 6.84. The first-order valence-electron chi connectivity index (χ1n) is 6.46. The monoisotopic (exact) mass is 305 g/mol. The number of hydrogen-bond donors (Lipinski definition) is 2. The molecule has 0 unspecified atom stereocenters. The van der Waals surface area contributed by atoms with Crippen molar-refractivity contribution in [3.63, 3.8) is 0 Å². The average Bonchev–Trinajstić information content (AvgIpc) is 2.45. The highest BCUT2D eigenvalue weighted by Gasteiger charge is 2.10. The average molecular weight is 306 g/mol. The molecule has 5 heteroatoms. The smallest absolute Gasteiger partial charge is 0.224 e. The Morgan fingerprint density at radius 2 is 2.05 bits per heavy atom. The third-order valence-corrected chi connectivity index (χ3v) is 3.39. The van der Waals surface area contributed by atoms with Gasteiger partial charge in [-0.05, 0) is 29.8 Å². The lowest BCUT2D eigenvalue weighted by Crippen LogP contribution is -2.24. The number of phenols is 1. The highest BCUT2D eigenvalue weighted by atomic mass is 35.5. The zero-order valence-corrected chi connectivity index (χ0v) is 12.4. The van der Waals surface area contributed by atoms with Gasteiger partial charge >= 0.3 is 0 Å². The van der Waals surface area contributed by atoms with E-state index in [2.05, 4.69) is 5.32 Å². The van der Waals surface area contributed by atoms with E-state index in [0.29, 0.717) is 17.3 Å². The summed E-state index contributed by atoms with van der Waals surface area (Å²) in [6, 6.07) is 12.0. The van der Waals surface area contributed by atoms with Crippen molar-refractivity contribution in [2.45, 2.75) is 13.0 Å². The molecule has 0 aliphatic rings. The van der Waals surface area contributed by atoms with E-state index < -0.39 is 0 Å². The van der Waals surface area contributed by atoms with E-state index in [-0.39, 0.29) is 18.1 Å². The summed E-state index contributed by atoms with van der Waals surface area (Å²) < 4.78 is 5.22. The van der Waals surface area contributed by atoms with Gasteiger partial charge in [0.2, 0.25) is 5.91 Å². The maximum atomic E-state index is 11.9. The second kappa shape index (κ2) is 6.99. The minimum absolute atomic E-state index is 0.146. The van der Waals surface area contributed by atoms with Crippen LogP contribution in [-0.4, -0.2) is 18.1 Å². The number of methoxy groups -OCH3 is 1. The SMILES string of the molecule is COc1cccc(Cl)c1CNC(=O)Cc1cccc(O)c1.